The van der Waals surface area contributed by atoms with E-state index in [-0.39, 0.29) is 11.6 Å². The highest BCUT2D eigenvalue weighted by atomic mass is 32.2. The van der Waals surface area contributed by atoms with Gasteiger partial charge in [-0.1, -0.05) is 0 Å². The van der Waals surface area contributed by atoms with E-state index in [1.165, 1.54) is 0 Å². The second kappa shape index (κ2) is 6.27. The molecule has 2 saturated heterocycles. The maximum absolute atomic E-state index is 12.3. The molecule has 0 atom stereocenters. The molecule has 0 radical (unpaired) electrons. The lowest BCUT2D eigenvalue weighted by atomic mass is 9.99. The number of piperazine rings is 1. The van der Waals surface area contributed by atoms with Gasteiger partial charge in [0.2, 0.25) is 0 Å². The zero-order chi connectivity index (χ0) is 14.8. The summed E-state index contributed by atoms with van der Waals surface area (Å²) >= 11 is 0. The SMILES string of the molecule is CC(C)(C)N1CCC(NS(=O)(=O)N2CCNCC2)CC1. The maximum atomic E-state index is 12.3. The van der Waals surface area contributed by atoms with Gasteiger partial charge in [0.25, 0.3) is 10.2 Å². The average Bonchev–Trinajstić information content (AvgIpc) is 2.39. The minimum atomic E-state index is -3.31. The van der Waals surface area contributed by atoms with Gasteiger partial charge in [0.05, 0.1) is 0 Å². The quantitative estimate of drug-likeness (QED) is 0.770. The summed E-state index contributed by atoms with van der Waals surface area (Å²) in [4.78, 5) is 2.42. The van der Waals surface area contributed by atoms with Crippen LogP contribution >= 0.6 is 0 Å². The molecule has 2 rings (SSSR count). The fraction of sp³-hybridized carbons (Fsp3) is 1.00. The van der Waals surface area contributed by atoms with Crippen LogP contribution in [0.15, 0.2) is 0 Å². The van der Waals surface area contributed by atoms with Crippen LogP contribution in [-0.4, -0.2) is 68.5 Å². The molecule has 0 aromatic carbocycles. The molecule has 7 heteroatoms. The molecule has 6 nitrogen and oxygen atoms in total. The Labute approximate surface area is 123 Å². The van der Waals surface area contributed by atoms with E-state index in [4.69, 9.17) is 0 Å². The average molecular weight is 304 g/mol. The van der Waals surface area contributed by atoms with Gasteiger partial charge >= 0.3 is 0 Å². The molecule has 2 fully saturated rings. The molecular formula is C13H28N4O2S. The molecule has 0 saturated carbocycles. The molecule has 0 aromatic heterocycles. The Morgan fingerprint density at radius 1 is 1.05 bits per heavy atom. The highest BCUT2D eigenvalue weighted by Crippen LogP contribution is 2.20. The van der Waals surface area contributed by atoms with E-state index >= 15 is 0 Å². The Kier molecular flexibility index (Phi) is 5.07. The second-order valence-electron chi connectivity index (χ2n) is 6.70. The maximum Gasteiger partial charge on any atom is 0.279 e. The molecule has 0 amide bonds. The van der Waals surface area contributed by atoms with Gasteiger partial charge in [0.1, 0.15) is 0 Å². The third-order valence-electron chi connectivity index (χ3n) is 4.18. The first-order chi connectivity index (χ1) is 9.29. The molecule has 2 heterocycles. The molecule has 20 heavy (non-hydrogen) atoms. The summed E-state index contributed by atoms with van der Waals surface area (Å²) in [5.74, 6) is 0. The highest BCUT2D eigenvalue weighted by molar-refractivity contribution is 7.87. The van der Waals surface area contributed by atoms with Crippen molar-refractivity contribution in [2.75, 3.05) is 39.3 Å². The lowest BCUT2D eigenvalue weighted by Crippen LogP contribution is -2.55. The summed E-state index contributed by atoms with van der Waals surface area (Å²) in [6.45, 7) is 11.1. The lowest BCUT2D eigenvalue weighted by molar-refractivity contribution is 0.100. The van der Waals surface area contributed by atoms with Gasteiger partial charge in [-0.2, -0.15) is 17.4 Å². The first-order valence-corrected chi connectivity index (χ1v) is 8.96. The second-order valence-corrected chi connectivity index (χ2v) is 8.41. The predicted octanol–water partition coefficient (Wildman–Crippen LogP) is -0.0111. The smallest absolute Gasteiger partial charge is 0.279 e. The third kappa shape index (κ3) is 4.14. The van der Waals surface area contributed by atoms with Crippen LogP contribution in [0.4, 0.5) is 0 Å². The van der Waals surface area contributed by atoms with Gasteiger partial charge in [0.15, 0.2) is 0 Å². The predicted molar refractivity (Wildman–Crippen MR) is 80.8 cm³/mol. The fourth-order valence-corrected chi connectivity index (χ4v) is 4.31. The van der Waals surface area contributed by atoms with Crippen LogP contribution in [0.25, 0.3) is 0 Å². The largest absolute Gasteiger partial charge is 0.314 e. The van der Waals surface area contributed by atoms with Crippen molar-refractivity contribution in [3.63, 3.8) is 0 Å². The van der Waals surface area contributed by atoms with Gasteiger partial charge in [-0.05, 0) is 33.6 Å². The molecular weight excluding hydrogens is 276 g/mol. The van der Waals surface area contributed by atoms with Crippen molar-refractivity contribution >= 4 is 10.2 Å². The first-order valence-electron chi connectivity index (χ1n) is 7.52. The monoisotopic (exact) mass is 304 g/mol. The third-order valence-corrected chi connectivity index (χ3v) is 5.85. The summed E-state index contributed by atoms with van der Waals surface area (Å²) in [5.41, 5.74) is 0.169. The molecule has 2 aliphatic rings. The zero-order valence-electron chi connectivity index (χ0n) is 12.9. The lowest BCUT2D eigenvalue weighted by Gasteiger charge is -2.41. The molecule has 0 bridgehead atoms. The molecule has 0 unspecified atom stereocenters. The summed E-state index contributed by atoms with van der Waals surface area (Å²) in [7, 11) is -3.31. The van der Waals surface area contributed by atoms with E-state index in [2.05, 4.69) is 35.7 Å². The van der Waals surface area contributed by atoms with Crippen LogP contribution in [0.5, 0.6) is 0 Å². The van der Waals surface area contributed by atoms with Gasteiger partial charge in [-0.3, -0.25) is 4.90 Å². The Morgan fingerprint density at radius 3 is 2.10 bits per heavy atom. The van der Waals surface area contributed by atoms with Crippen molar-refractivity contribution < 1.29 is 8.42 Å². The van der Waals surface area contributed by atoms with E-state index in [1.807, 2.05) is 0 Å². The van der Waals surface area contributed by atoms with Gasteiger partial charge in [0, 0.05) is 50.8 Å². The fourth-order valence-electron chi connectivity index (χ4n) is 2.84. The number of nitrogens with zero attached hydrogens (tertiary/aromatic N) is 2. The Bertz CT molecular complexity index is 405. The molecule has 0 spiro atoms. The standard InChI is InChI=1S/C13H28N4O2S/c1-13(2,3)16-8-4-12(5-9-16)15-20(18,19)17-10-6-14-7-11-17/h12,14-15H,4-11H2,1-3H3. The Balaban J connectivity index is 1.85. The van der Waals surface area contributed by atoms with Crippen molar-refractivity contribution in [1.29, 1.82) is 0 Å². The van der Waals surface area contributed by atoms with Crippen molar-refractivity contribution in [3.8, 4) is 0 Å². The highest BCUT2D eigenvalue weighted by Gasteiger charge is 2.31. The number of nitrogens with one attached hydrogen (secondary N) is 2. The van der Waals surface area contributed by atoms with E-state index in [0.717, 1.165) is 39.0 Å². The Morgan fingerprint density at radius 2 is 1.60 bits per heavy atom. The van der Waals surface area contributed by atoms with E-state index < -0.39 is 10.2 Å². The van der Waals surface area contributed by atoms with Crippen LogP contribution in [0.3, 0.4) is 0 Å². The van der Waals surface area contributed by atoms with Crippen molar-refractivity contribution in [3.05, 3.63) is 0 Å². The number of likely N-dealkylation sites (tertiary alicyclic amines) is 1. The molecule has 2 aliphatic heterocycles. The topological polar surface area (TPSA) is 64.7 Å². The minimum Gasteiger partial charge on any atom is -0.314 e. The molecule has 118 valence electrons. The first kappa shape index (κ1) is 16.2. The molecule has 0 aliphatic carbocycles. The van der Waals surface area contributed by atoms with Crippen molar-refractivity contribution in [2.24, 2.45) is 0 Å². The van der Waals surface area contributed by atoms with Crippen LogP contribution in [-0.2, 0) is 10.2 Å². The van der Waals surface area contributed by atoms with Gasteiger partial charge in [-0.15, -0.1) is 0 Å². The molecule has 0 aromatic rings. The summed E-state index contributed by atoms with van der Waals surface area (Å²) in [6, 6.07) is 0.0773. The molecule has 2 N–H and O–H groups in total. The number of rotatable bonds is 3. The minimum absolute atomic E-state index is 0.0773. The van der Waals surface area contributed by atoms with Crippen molar-refractivity contribution in [2.45, 2.75) is 45.2 Å². The van der Waals surface area contributed by atoms with Crippen LogP contribution in [0, 0.1) is 0 Å². The summed E-state index contributed by atoms with van der Waals surface area (Å²) in [6.07, 6.45) is 1.78. The van der Waals surface area contributed by atoms with E-state index in [1.54, 1.807) is 4.31 Å². The van der Waals surface area contributed by atoms with E-state index in [9.17, 15) is 8.42 Å². The van der Waals surface area contributed by atoms with Crippen LogP contribution in [0.1, 0.15) is 33.6 Å². The van der Waals surface area contributed by atoms with Gasteiger partial charge in [-0.25, -0.2) is 0 Å². The van der Waals surface area contributed by atoms with E-state index in [0.29, 0.717) is 13.1 Å². The Hall–Kier alpha value is -0.210. The van der Waals surface area contributed by atoms with Gasteiger partial charge < -0.3 is 5.32 Å². The summed E-state index contributed by atoms with van der Waals surface area (Å²) < 4.78 is 29.0. The zero-order valence-corrected chi connectivity index (χ0v) is 13.7. The van der Waals surface area contributed by atoms with Crippen molar-refractivity contribution in [1.82, 2.24) is 19.2 Å². The number of piperidine rings is 1. The summed E-state index contributed by atoms with van der Waals surface area (Å²) in [5, 5.41) is 3.17. The number of hydrogen-bond donors (Lipinski definition) is 2. The van der Waals surface area contributed by atoms with Crippen LogP contribution in [0.2, 0.25) is 0 Å². The normalized spacial score (nSPS) is 24.9. The van der Waals surface area contributed by atoms with Crippen LogP contribution < -0.4 is 10.0 Å². The number of hydrogen-bond acceptors (Lipinski definition) is 4.